The second-order valence-corrected chi connectivity index (χ2v) is 7.50. The van der Waals surface area contributed by atoms with Crippen molar-refractivity contribution >= 4 is 29.3 Å². The van der Waals surface area contributed by atoms with E-state index in [-0.39, 0.29) is 11.2 Å². The Morgan fingerprint density at radius 3 is 2.69 bits per heavy atom. The molecule has 0 bridgehead atoms. The second kappa shape index (κ2) is 8.92. The van der Waals surface area contributed by atoms with Gasteiger partial charge in [0.2, 0.25) is 5.91 Å². The van der Waals surface area contributed by atoms with Crippen molar-refractivity contribution in [3.8, 4) is 5.69 Å². The van der Waals surface area contributed by atoms with Gasteiger partial charge in [0.1, 0.15) is 0 Å². The predicted octanol–water partition coefficient (Wildman–Crippen LogP) is 4.71. The molecule has 6 heteroatoms. The van der Waals surface area contributed by atoms with Crippen molar-refractivity contribution < 1.29 is 4.79 Å². The number of halogens is 1. The highest BCUT2D eigenvalue weighted by Crippen LogP contribution is 2.27. The van der Waals surface area contributed by atoms with E-state index in [1.807, 2.05) is 66.2 Å². The fourth-order valence-electron chi connectivity index (χ4n) is 2.61. The largest absolute Gasteiger partial charge is 0.351 e. The lowest BCUT2D eigenvalue weighted by molar-refractivity contribution is -0.120. The quantitative estimate of drug-likeness (QED) is 0.599. The number of imidazole rings is 1. The van der Waals surface area contributed by atoms with E-state index in [0.717, 1.165) is 22.6 Å². The summed E-state index contributed by atoms with van der Waals surface area (Å²) in [7, 11) is 0. The molecule has 0 aliphatic rings. The maximum atomic E-state index is 12.6. The van der Waals surface area contributed by atoms with Crippen LogP contribution in [0.25, 0.3) is 5.69 Å². The van der Waals surface area contributed by atoms with Crippen LogP contribution in [0, 0.1) is 0 Å². The van der Waals surface area contributed by atoms with E-state index in [1.54, 1.807) is 24.3 Å². The van der Waals surface area contributed by atoms with E-state index in [4.69, 9.17) is 11.6 Å². The van der Waals surface area contributed by atoms with Crippen LogP contribution >= 0.6 is 23.4 Å². The Hall–Kier alpha value is -2.24. The number of aromatic nitrogens is 2. The van der Waals surface area contributed by atoms with Gasteiger partial charge in [0, 0.05) is 28.9 Å². The normalized spacial score (nSPS) is 11.9. The zero-order valence-corrected chi connectivity index (χ0v) is 16.0. The molecule has 3 rings (SSSR count). The first kappa shape index (κ1) is 18.5. The van der Waals surface area contributed by atoms with Crippen LogP contribution in [0.2, 0.25) is 5.02 Å². The summed E-state index contributed by atoms with van der Waals surface area (Å²) in [5, 5.41) is 3.62. The molecule has 1 amide bonds. The first-order valence-electron chi connectivity index (χ1n) is 8.43. The van der Waals surface area contributed by atoms with Gasteiger partial charge in [-0.3, -0.25) is 4.79 Å². The summed E-state index contributed by atoms with van der Waals surface area (Å²) in [6, 6.07) is 15.6. The highest BCUT2D eigenvalue weighted by molar-refractivity contribution is 8.00. The lowest BCUT2D eigenvalue weighted by atomic mass is 10.1. The topological polar surface area (TPSA) is 46.9 Å². The Morgan fingerprint density at radius 1 is 1.23 bits per heavy atom. The van der Waals surface area contributed by atoms with Gasteiger partial charge in [-0.25, -0.2) is 4.98 Å². The third-order valence-corrected chi connectivity index (χ3v) is 5.61. The number of hydrogen-bond acceptors (Lipinski definition) is 3. The molecule has 1 atom stereocenters. The first-order valence-corrected chi connectivity index (χ1v) is 9.69. The molecule has 0 saturated carbocycles. The number of carbonyl (C=O) groups is 1. The first-order chi connectivity index (χ1) is 12.7. The molecule has 0 aliphatic carbocycles. The molecule has 1 N–H and O–H groups in total. The summed E-state index contributed by atoms with van der Waals surface area (Å²) in [5.41, 5.74) is 2.06. The standard InChI is InChI=1S/C20H20ClN3OS/c1-2-19(26-17-9-7-16(21)8-10-17)20(25)23-13-15-5-3-4-6-18(15)24-12-11-22-14-24/h3-12,14,19H,2,13H2,1H3,(H,23,25). The fourth-order valence-corrected chi connectivity index (χ4v) is 3.71. The molecule has 2 aromatic carbocycles. The molecule has 0 saturated heterocycles. The highest BCUT2D eigenvalue weighted by atomic mass is 35.5. The summed E-state index contributed by atoms with van der Waals surface area (Å²) < 4.78 is 1.95. The van der Waals surface area contributed by atoms with Gasteiger partial charge in [-0.15, -0.1) is 11.8 Å². The number of amides is 1. The van der Waals surface area contributed by atoms with Crippen molar-refractivity contribution in [3.05, 3.63) is 77.8 Å². The van der Waals surface area contributed by atoms with Gasteiger partial charge in [-0.1, -0.05) is 36.7 Å². The van der Waals surface area contributed by atoms with E-state index in [2.05, 4.69) is 10.3 Å². The molecule has 134 valence electrons. The molecule has 4 nitrogen and oxygen atoms in total. The van der Waals surface area contributed by atoms with Crippen LogP contribution in [0.1, 0.15) is 18.9 Å². The summed E-state index contributed by atoms with van der Waals surface area (Å²) in [6.45, 7) is 2.50. The third-order valence-electron chi connectivity index (χ3n) is 3.98. The van der Waals surface area contributed by atoms with Crippen LogP contribution in [0.3, 0.4) is 0 Å². The summed E-state index contributed by atoms with van der Waals surface area (Å²) >= 11 is 7.48. The Balaban J connectivity index is 1.65. The van der Waals surface area contributed by atoms with Crippen LogP contribution in [0.15, 0.2) is 72.1 Å². The number of benzene rings is 2. The zero-order valence-electron chi connectivity index (χ0n) is 14.4. The van der Waals surface area contributed by atoms with Crippen molar-refractivity contribution in [2.45, 2.75) is 30.0 Å². The maximum absolute atomic E-state index is 12.6. The average Bonchev–Trinajstić information content (AvgIpc) is 3.20. The number of para-hydroxylation sites is 1. The van der Waals surface area contributed by atoms with E-state index in [1.165, 1.54) is 0 Å². The summed E-state index contributed by atoms with van der Waals surface area (Å²) in [6.07, 6.45) is 6.14. The molecule has 3 aromatic rings. The van der Waals surface area contributed by atoms with Crippen LogP contribution in [0.4, 0.5) is 0 Å². The number of thioether (sulfide) groups is 1. The van der Waals surface area contributed by atoms with Gasteiger partial charge in [-0.2, -0.15) is 0 Å². The van der Waals surface area contributed by atoms with Gasteiger partial charge in [-0.05, 0) is 42.3 Å². The van der Waals surface area contributed by atoms with Gasteiger partial charge in [0.25, 0.3) is 0 Å². The van der Waals surface area contributed by atoms with Crippen molar-refractivity contribution in [2.75, 3.05) is 0 Å². The van der Waals surface area contributed by atoms with Crippen molar-refractivity contribution in [3.63, 3.8) is 0 Å². The van der Waals surface area contributed by atoms with E-state index < -0.39 is 0 Å². The fraction of sp³-hybridized carbons (Fsp3) is 0.200. The Kier molecular flexibility index (Phi) is 6.36. The van der Waals surface area contributed by atoms with E-state index >= 15 is 0 Å². The zero-order chi connectivity index (χ0) is 18.4. The second-order valence-electron chi connectivity index (χ2n) is 5.79. The Labute approximate surface area is 162 Å². The molecule has 1 aromatic heterocycles. The SMILES string of the molecule is CCC(Sc1ccc(Cl)cc1)C(=O)NCc1ccccc1-n1ccnc1. The van der Waals surface area contributed by atoms with E-state index in [9.17, 15) is 4.79 Å². The number of carbonyl (C=O) groups excluding carboxylic acids is 1. The van der Waals surface area contributed by atoms with Gasteiger partial charge in [0.05, 0.1) is 17.3 Å². The van der Waals surface area contributed by atoms with Crippen LogP contribution < -0.4 is 5.32 Å². The van der Waals surface area contributed by atoms with E-state index in [0.29, 0.717) is 11.6 Å². The molecule has 0 spiro atoms. The van der Waals surface area contributed by atoms with Crippen molar-refractivity contribution in [2.24, 2.45) is 0 Å². The third kappa shape index (κ3) is 4.68. The summed E-state index contributed by atoms with van der Waals surface area (Å²) in [5.74, 6) is 0.0351. The number of rotatable bonds is 7. The average molecular weight is 386 g/mol. The van der Waals surface area contributed by atoms with Gasteiger partial charge < -0.3 is 9.88 Å². The number of nitrogens with one attached hydrogen (secondary N) is 1. The summed E-state index contributed by atoms with van der Waals surface area (Å²) in [4.78, 5) is 17.8. The highest BCUT2D eigenvalue weighted by Gasteiger charge is 2.18. The molecule has 1 heterocycles. The van der Waals surface area contributed by atoms with Crippen LogP contribution in [0.5, 0.6) is 0 Å². The van der Waals surface area contributed by atoms with Crippen LogP contribution in [-0.4, -0.2) is 20.7 Å². The molecule has 0 radical (unpaired) electrons. The maximum Gasteiger partial charge on any atom is 0.233 e. The lowest BCUT2D eigenvalue weighted by Gasteiger charge is -2.16. The smallest absolute Gasteiger partial charge is 0.233 e. The Morgan fingerprint density at radius 2 is 2.00 bits per heavy atom. The molecule has 1 unspecified atom stereocenters. The molecular weight excluding hydrogens is 366 g/mol. The minimum atomic E-state index is -0.142. The molecular formula is C20H20ClN3OS. The lowest BCUT2D eigenvalue weighted by Crippen LogP contribution is -2.32. The minimum Gasteiger partial charge on any atom is -0.351 e. The van der Waals surface area contributed by atoms with Crippen molar-refractivity contribution in [1.82, 2.24) is 14.9 Å². The minimum absolute atomic E-state index is 0.0351. The van der Waals surface area contributed by atoms with Crippen molar-refractivity contribution in [1.29, 1.82) is 0 Å². The van der Waals surface area contributed by atoms with Gasteiger partial charge >= 0.3 is 0 Å². The molecule has 0 fully saturated rings. The van der Waals surface area contributed by atoms with Crippen LogP contribution in [-0.2, 0) is 11.3 Å². The predicted molar refractivity (Wildman–Crippen MR) is 107 cm³/mol. The molecule has 0 aliphatic heterocycles. The van der Waals surface area contributed by atoms with Gasteiger partial charge in [0.15, 0.2) is 0 Å². The number of nitrogens with zero attached hydrogens (tertiary/aromatic N) is 2. The monoisotopic (exact) mass is 385 g/mol. The number of hydrogen-bond donors (Lipinski definition) is 1. The molecule has 26 heavy (non-hydrogen) atoms. The Bertz CT molecular complexity index is 850.